The molecular weight excluding hydrogens is 697 g/mol. The molecule has 3 amide bonds. The predicted molar refractivity (Wildman–Crippen MR) is 200 cm³/mol. The molecule has 2 aromatic heterocycles. The number of aryl methyl sites for hydroxylation is 1. The molecule has 6 rings (SSSR count). The monoisotopic (exact) mass is 728 g/mol. The van der Waals surface area contributed by atoms with E-state index >= 15 is 0 Å². The van der Waals surface area contributed by atoms with E-state index in [0.29, 0.717) is 31.3 Å². The van der Waals surface area contributed by atoms with Crippen LogP contribution in [-0.2, 0) is 14.4 Å². The first-order chi connectivity index (χ1) is 24.0. The number of hydrogen-bond donors (Lipinski definition) is 1. The van der Waals surface area contributed by atoms with Gasteiger partial charge in [0.15, 0.2) is 11.5 Å². The average molecular weight is 729 g/mol. The molecule has 2 aliphatic rings. The minimum Gasteiger partial charge on any atom is -0.493 e. The Morgan fingerprint density at radius 2 is 1.58 bits per heavy atom. The second-order valence-corrected chi connectivity index (χ2v) is 13.5. The topological polar surface area (TPSA) is 131 Å². The van der Waals surface area contributed by atoms with Crippen LogP contribution in [-0.4, -0.2) is 67.7 Å². The van der Waals surface area contributed by atoms with Crippen molar-refractivity contribution in [3.63, 3.8) is 0 Å². The number of thioether (sulfide) groups is 2. The van der Waals surface area contributed by atoms with Crippen LogP contribution in [0.3, 0.4) is 0 Å². The lowest BCUT2D eigenvalue weighted by Gasteiger charge is -2.12. The Morgan fingerprint density at radius 3 is 2.24 bits per heavy atom. The number of rotatable bonds is 9. The van der Waals surface area contributed by atoms with Crippen LogP contribution in [0.4, 0.5) is 10.5 Å². The van der Waals surface area contributed by atoms with Crippen molar-refractivity contribution in [2.24, 2.45) is 0 Å². The molecule has 0 saturated carbocycles. The number of ether oxygens (including phenoxy) is 2. The molecule has 0 unspecified atom stereocenters. The second-order valence-electron chi connectivity index (χ2n) is 10.8. The SMILES string of the molecule is COc1ccc(/C=C2\SC(=S)N(CCC(=O)O)C2=O)cc1OC.Cc1cc(/C=C2\SC(=O)N(c3ccccc3)C2=O)c(C)n1-c1cccnc1. The zero-order valence-corrected chi connectivity index (χ0v) is 29.9. The number of carboxylic acids is 1. The van der Waals surface area contributed by atoms with E-state index in [-0.39, 0.29) is 30.0 Å². The third-order valence-corrected chi connectivity index (χ3v) is 9.84. The summed E-state index contributed by atoms with van der Waals surface area (Å²) in [7, 11) is 3.08. The summed E-state index contributed by atoms with van der Waals surface area (Å²) in [5.74, 6) is -0.386. The highest BCUT2D eigenvalue weighted by molar-refractivity contribution is 8.26. The molecular formula is C36H32N4O7S3. The number of pyridine rings is 1. The Hall–Kier alpha value is -5.18. The summed E-state index contributed by atoms with van der Waals surface area (Å²) < 4.78 is 12.8. The third-order valence-electron chi connectivity index (χ3n) is 7.60. The first-order valence-corrected chi connectivity index (χ1v) is 17.2. The summed E-state index contributed by atoms with van der Waals surface area (Å²) in [6.07, 6.45) is 6.88. The van der Waals surface area contributed by atoms with E-state index in [1.807, 2.05) is 50.2 Å². The number of thiocarbonyl (C=S) groups is 1. The number of amides is 3. The molecule has 11 nitrogen and oxygen atoms in total. The zero-order chi connectivity index (χ0) is 35.9. The Labute approximate surface area is 302 Å². The quantitative estimate of drug-likeness (QED) is 0.140. The Bertz CT molecular complexity index is 2030. The maximum absolute atomic E-state index is 12.8. The van der Waals surface area contributed by atoms with Crippen LogP contribution >= 0.6 is 35.7 Å². The van der Waals surface area contributed by atoms with Gasteiger partial charge in [-0.1, -0.05) is 48.2 Å². The Balaban J connectivity index is 0.000000197. The number of carbonyl (C=O) groups excluding carboxylic acids is 3. The van der Waals surface area contributed by atoms with Gasteiger partial charge in [0, 0.05) is 24.1 Å². The highest BCUT2D eigenvalue weighted by Gasteiger charge is 2.36. The molecule has 0 spiro atoms. The number of aliphatic carboxylic acids is 1. The van der Waals surface area contributed by atoms with E-state index in [0.717, 1.165) is 51.7 Å². The number of carboxylic acid groups (broad SMARTS) is 1. The summed E-state index contributed by atoms with van der Waals surface area (Å²) in [5, 5.41) is 8.45. The molecule has 2 saturated heterocycles. The zero-order valence-electron chi connectivity index (χ0n) is 27.5. The van der Waals surface area contributed by atoms with Crippen molar-refractivity contribution in [3.05, 3.63) is 111 Å². The number of aromatic nitrogens is 2. The van der Waals surface area contributed by atoms with E-state index in [1.165, 1.54) is 16.9 Å². The summed E-state index contributed by atoms with van der Waals surface area (Å²) in [6, 6.07) is 20.2. The first kappa shape index (κ1) is 36.1. The van der Waals surface area contributed by atoms with Crippen molar-refractivity contribution >= 4 is 80.9 Å². The molecule has 4 aromatic rings. The van der Waals surface area contributed by atoms with Gasteiger partial charge in [-0.3, -0.25) is 29.1 Å². The highest BCUT2D eigenvalue weighted by atomic mass is 32.2. The van der Waals surface area contributed by atoms with E-state index in [2.05, 4.69) is 9.55 Å². The Kier molecular flexibility index (Phi) is 11.6. The van der Waals surface area contributed by atoms with Crippen LogP contribution in [0.1, 0.15) is 28.9 Å². The fourth-order valence-electron chi connectivity index (χ4n) is 5.22. The number of hydrogen-bond acceptors (Lipinski definition) is 10. The summed E-state index contributed by atoms with van der Waals surface area (Å²) >= 11 is 7.26. The number of nitrogens with zero attached hydrogens (tertiary/aromatic N) is 4. The maximum atomic E-state index is 12.8. The molecule has 2 aromatic carbocycles. The number of methoxy groups -OCH3 is 2. The summed E-state index contributed by atoms with van der Waals surface area (Å²) in [4.78, 5) is 55.7. The highest BCUT2D eigenvalue weighted by Crippen LogP contribution is 2.37. The third kappa shape index (κ3) is 7.99. The lowest BCUT2D eigenvalue weighted by molar-refractivity contribution is -0.137. The number of carbonyl (C=O) groups is 4. The van der Waals surface area contributed by atoms with Crippen LogP contribution in [0.25, 0.3) is 17.8 Å². The van der Waals surface area contributed by atoms with Crippen molar-refractivity contribution in [1.29, 1.82) is 0 Å². The van der Waals surface area contributed by atoms with E-state index in [9.17, 15) is 19.2 Å². The average Bonchev–Trinajstić information content (AvgIpc) is 3.66. The molecule has 0 aliphatic carbocycles. The molecule has 14 heteroatoms. The largest absolute Gasteiger partial charge is 0.493 e. The normalized spacial score (nSPS) is 15.9. The van der Waals surface area contributed by atoms with Crippen LogP contribution in [0.5, 0.6) is 11.5 Å². The molecule has 4 heterocycles. The molecule has 1 N–H and O–H groups in total. The van der Waals surface area contributed by atoms with Gasteiger partial charge in [0.25, 0.3) is 17.1 Å². The number of para-hydroxylation sites is 1. The first-order valence-electron chi connectivity index (χ1n) is 15.1. The Morgan fingerprint density at radius 1 is 0.880 bits per heavy atom. The summed E-state index contributed by atoms with van der Waals surface area (Å²) in [6.45, 7) is 4.07. The fourth-order valence-corrected chi connectivity index (χ4v) is 7.36. The van der Waals surface area contributed by atoms with Crippen LogP contribution in [0, 0.1) is 13.8 Å². The van der Waals surface area contributed by atoms with Gasteiger partial charge in [-0.05, 0) is 91.4 Å². The molecule has 50 heavy (non-hydrogen) atoms. The van der Waals surface area contributed by atoms with E-state index in [4.69, 9.17) is 26.8 Å². The predicted octanol–water partition coefficient (Wildman–Crippen LogP) is 7.11. The molecule has 0 atom stereocenters. The van der Waals surface area contributed by atoms with Gasteiger partial charge in [0.2, 0.25) is 0 Å². The van der Waals surface area contributed by atoms with Crippen LogP contribution in [0.2, 0.25) is 0 Å². The van der Waals surface area contributed by atoms with Crippen molar-refractivity contribution in [1.82, 2.24) is 14.5 Å². The van der Waals surface area contributed by atoms with Crippen molar-refractivity contribution < 1.29 is 33.8 Å². The van der Waals surface area contributed by atoms with Gasteiger partial charge in [-0.25, -0.2) is 4.90 Å². The number of imide groups is 1. The number of anilines is 1. The molecule has 2 aliphatic heterocycles. The van der Waals surface area contributed by atoms with E-state index < -0.39 is 5.97 Å². The van der Waals surface area contributed by atoms with Crippen molar-refractivity contribution in [2.45, 2.75) is 20.3 Å². The van der Waals surface area contributed by atoms with Crippen LogP contribution in [0.15, 0.2) is 88.9 Å². The molecule has 256 valence electrons. The maximum Gasteiger partial charge on any atom is 0.305 e. The lowest BCUT2D eigenvalue weighted by atomic mass is 10.2. The summed E-state index contributed by atoms with van der Waals surface area (Å²) in [5.41, 5.74) is 5.26. The second kappa shape index (κ2) is 16.0. The lowest BCUT2D eigenvalue weighted by Crippen LogP contribution is -2.30. The van der Waals surface area contributed by atoms with Crippen LogP contribution < -0.4 is 14.4 Å². The van der Waals surface area contributed by atoms with Gasteiger partial charge < -0.3 is 19.1 Å². The minimum absolute atomic E-state index is 0.0727. The van der Waals surface area contributed by atoms with Gasteiger partial charge in [-0.2, -0.15) is 0 Å². The standard InChI is InChI=1S/C21H17N3O2S.C15H15NO5S2/c1-14-11-16(15(2)23(14)18-9-6-10-22-13-18)12-19-20(25)24(21(26)27-19)17-7-4-3-5-8-17;1-20-10-4-3-9(7-11(10)21-2)8-12-14(19)16(15(22)23-12)6-5-13(17)18/h3-13H,1-2H3;3-4,7-8H,5-6H2,1-2H3,(H,17,18)/b19-12-;12-8-. The van der Waals surface area contributed by atoms with Gasteiger partial charge in [-0.15, -0.1) is 0 Å². The number of benzene rings is 2. The minimum atomic E-state index is -0.970. The van der Waals surface area contributed by atoms with Gasteiger partial charge in [0.1, 0.15) is 4.32 Å². The van der Waals surface area contributed by atoms with Gasteiger partial charge >= 0.3 is 5.97 Å². The fraction of sp³-hybridized carbons (Fsp3) is 0.167. The van der Waals surface area contributed by atoms with Crippen molar-refractivity contribution in [3.8, 4) is 17.2 Å². The van der Waals surface area contributed by atoms with E-state index in [1.54, 1.807) is 62.0 Å². The molecule has 2 fully saturated rings. The van der Waals surface area contributed by atoms with Gasteiger partial charge in [0.05, 0.1) is 48.0 Å². The smallest absolute Gasteiger partial charge is 0.305 e. The molecule has 0 bridgehead atoms. The van der Waals surface area contributed by atoms with Crippen molar-refractivity contribution in [2.75, 3.05) is 25.7 Å². The molecule has 0 radical (unpaired) electrons.